The molecule has 0 unspecified atom stereocenters. The van der Waals surface area contributed by atoms with Crippen molar-refractivity contribution in [3.8, 4) is 0 Å². The van der Waals surface area contributed by atoms with Crippen LogP contribution < -0.4 is 19.6 Å². The Morgan fingerprint density at radius 2 is 0.457 bits per heavy atom. The predicted molar refractivity (Wildman–Crippen MR) is 357 cm³/mol. The fourth-order valence-electron chi connectivity index (χ4n) is 19.4. The van der Waals surface area contributed by atoms with Crippen LogP contribution in [0, 0.1) is 0 Å². The van der Waals surface area contributed by atoms with E-state index in [0.29, 0.717) is 70.0 Å². The van der Waals surface area contributed by atoms with Crippen molar-refractivity contribution in [1.82, 2.24) is 19.8 Å². The maximum atomic E-state index is 16.2. The van der Waals surface area contributed by atoms with Gasteiger partial charge >= 0.3 is 0 Å². The molecule has 8 amide bonds. The summed E-state index contributed by atoms with van der Waals surface area (Å²) in [5.41, 5.74) is 6.16. The predicted octanol–water partition coefficient (Wildman–Crippen LogP) is 13.9. The summed E-state index contributed by atoms with van der Waals surface area (Å²) < 4.78 is 0. The van der Waals surface area contributed by atoms with E-state index in [1.54, 1.807) is 21.9 Å². The average Bonchev–Trinajstić information content (AvgIpc) is 0.766. The second kappa shape index (κ2) is 19.1. The highest BCUT2D eigenvalue weighted by Crippen LogP contribution is 2.56. The third kappa shape index (κ3) is 6.76. The second-order valence-electron chi connectivity index (χ2n) is 28.1. The minimum absolute atomic E-state index is 0.167. The maximum absolute atomic E-state index is 16.2. The number of benzene rings is 10. The van der Waals surface area contributed by atoms with Crippen LogP contribution in [0.3, 0.4) is 0 Å². The van der Waals surface area contributed by atoms with Crippen LogP contribution in [0.2, 0.25) is 0 Å². The van der Waals surface area contributed by atoms with Crippen molar-refractivity contribution < 1.29 is 38.4 Å². The molecule has 10 aromatic carbocycles. The molecule has 0 spiro atoms. The monoisotopic (exact) mass is 1220 g/mol. The van der Waals surface area contributed by atoms with Crippen LogP contribution in [0.1, 0.15) is 198 Å². The Morgan fingerprint density at radius 3 is 0.728 bits per heavy atom. The number of fused-ring (bicyclic) bond motifs is 4. The van der Waals surface area contributed by atoms with Crippen LogP contribution in [0.5, 0.6) is 0 Å². The Bertz CT molecular complexity index is 4830. The fraction of sp³-hybridized carbons (Fsp3) is 0.368. The van der Waals surface area contributed by atoms with Gasteiger partial charge in [0.2, 0.25) is 0 Å². The number of imide groups is 4. The van der Waals surface area contributed by atoms with E-state index in [2.05, 4.69) is 19.6 Å². The Labute approximate surface area is 528 Å². The summed E-state index contributed by atoms with van der Waals surface area (Å²) in [5.74, 6) is -4.19. The number of anilines is 4. The zero-order valence-electron chi connectivity index (χ0n) is 51.3. The molecular weight excluding hydrogens is 1150 g/mol. The first kappa shape index (κ1) is 53.2. The molecule has 16 nitrogen and oxygen atoms in total. The first-order valence-corrected chi connectivity index (χ1v) is 34.1. The Hall–Kier alpha value is -9.44. The van der Waals surface area contributed by atoms with Gasteiger partial charge in [-0.15, -0.1) is 0 Å². The maximum Gasteiger partial charge on any atom is 0.281 e. The van der Waals surface area contributed by atoms with Crippen LogP contribution in [-0.4, -0.2) is 132 Å². The Morgan fingerprint density at radius 1 is 0.228 bits per heavy atom. The molecule has 92 heavy (non-hydrogen) atoms. The normalized spacial score (nSPS) is 20.9. The molecule has 0 aromatic heterocycles. The van der Waals surface area contributed by atoms with Crippen LogP contribution in [0.15, 0.2) is 72.8 Å². The second-order valence-corrected chi connectivity index (χ2v) is 28.1. The van der Waals surface area contributed by atoms with Gasteiger partial charge in [0.1, 0.15) is 0 Å². The Kier molecular flexibility index (Phi) is 11.0. The van der Waals surface area contributed by atoms with E-state index in [1.165, 1.54) is 0 Å². The summed E-state index contributed by atoms with van der Waals surface area (Å²) in [7, 11) is 0. The number of amides is 8. The summed E-state index contributed by atoms with van der Waals surface area (Å²) in [4.78, 5) is 137. The molecule has 6 fully saturated rings. The van der Waals surface area contributed by atoms with Gasteiger partial charge < -0.3 is 19.6 Å². The third-order valence-corrected chi connectivity index (χ3v) is 23.5. The van der Waals surface area contributed by atoms with Gasteiger partial charge in [-0.2, -0.15) is 10.0 Å². The standard InChI is InChI=1S/C76H66N8O8/c85-69-45-23-19-41-63-55(79-31-11-12-32-79)37-51-59-47(25-21-43(67(59)63)61-53(77-27-7-8-28-77)35-49(57(45)65(41)61)71(87)81(69)39-15-3-1-4-16-39)73(89)83(75(51)91)84-74(90)48-26-22-44-62-54(78-29-9-10-30-78)36-50-58-46(70(86)82(72(50)88)40-17-5-2-6-18-40)24-20-42(66(58)62)64-56(80-33-13-14-34-80)38-52(76(84)92)60(48)68(44)64/h19-26,35-40H,1-18,27-34H2. The molecule has 10 aliphatic rings. The lowest BCUT2D eigenvalue weighted by molar-refractivity contribution is 0.00213. The first-order valence-electron chi connectivity index (χ1n) is 34.1. The third-order valence-electron chi connectivity index (χ3n) is 23.5. The summed E-state index contributed by atoms with van der Waals surface area (Å²) in [5, 5.41) is 13.5. The highest BCUT2D eigenvalue weighted by atomic mass is 16.2. The van der Waals surface area contributed by atoms with E-state index in [0.717, 1.165) is 239 Å². The lowest BCUT2D eigenvalue weighted by Gasteiger charge is -2.39. The molecular formula is C76H66N8O8. The lowest BCUT2D eigenvalue weighted by Crippen LogP contribution is -2.58. The van der Waals surface area contributed by atoms with Crippen molar-refractivity contribution in [3.05, 3.63) is 117 Å². The SMILES string of the molecule is O=C1c2ccc3c4c(N5CCCC5)cc5c6c(ccc(c7c(N8CCCC8)cc(c2c37)C(=O)N1C1CCCCC1)c64)C(=O)N(N1C(=O)c2ccc3c4c(N6CCCC6)cc6c7c(ccc(c8c(N9CCCC9)cc(c2c38)C1=O)c74)C(=O)N(C1CCCCC1)C6=O)C5=O. The van der Waals surface area contributed by atoms with Crippen LogP contribution in [0.25, 0.3) is 86.2 Å². The Balaban J connectivity index is 0.789. The van der Waals surface area contributed by atoms with Crippen molar-refractivity contribution in [1.29, 1.82) is 0 Å². The number of nitrogens with zero attached hydrogens (tertiary/aromatic N) is 8. The van der Waals surface area contributed by atoms with Crippen molar-refractivity contribution in [3.63, 3.8) is 0 Å². The molecule has 10 aromatic rings. The zero-order chi connectivity index (χ0) is 61.4. The minimum atomic E-state index is -0.797. The van der Waals surface area contributed by atoms with E-state index >= 15 is 28.8 Å². The van der Waals surface area contributed by atoms with Crippen molar-refractivity contribution in [2.45, 2.75) is 128 Å². The van der Waals surface area contributed by atoms with E-state index in [-0.39, 0.29) is 58.0 Å². The van der Waals surface area contributed by atoms with Gasteiger partial charge in [-0.25, -0.2) is 0 Å². The highest BCUT2D eigenvalue weighted by molar-refractivity contribution is 6.47. The summed E-state index contributed by atoms with van der Waals surface area (Å²) >= 11 is 0. The van der Waals surface area contributed by atoms with E-state index in [1.807, 2.05) is 60.7 Å². The van der Waals surface area contributed by atoms with Crippen molar-refractivity contribution in [2.24, 2.45) is 0 Å². The summed E-state index contributed by atoms with van der Waals surface area (Å²) in [6.07, 6.45) is 16.7. The molecule has 458 valence electrons. The lowest BCUT2D eigenvalue weighted by atomic mass is 9.80. The fourth-order valence-corrected chi connectivity index (χ4v) is 19.4. The van der Waals surface area contributed by atoms with Crippen molar-refractivity contribution in [2.75, 3.05) is 72.0 Å². The highest BCUT2D eigenvalue weighted by Gasteiger charge is 2.49. The molecule has 4 saturated heterocycles. The largest absolute Gasteiger partial charge is 0.371 e. The molecule has 16 heteroatoms. The van der Waals surface area contributed by atoms with Crippen LogP contribution >= 0.6 is 0 Å². The summed E-state index contributed by atoms with van der Waals surface area (Å²) in [6, 6.07) is 22.6. The van der Waals surface area contributed by atoms with E-state index in [9.17, 15) is 9.59 Å². The van der Waals surface area contributed by atoms with Gasteiger partial charge in [0.15, 0.2) is 0 Å². The van der Waals surface area contributed by atoms with E-state index in [4.69, 9.17) is 0 Å². The minimum Gasteiger partial charge on any atom is -0.371 e. The van der Waals surface area contributed by atoms with Gasteiger partial charge in [-0.3, -0.25) is 48.2 Å². The molecule has 0 N–H and O–H groups in total. The quantitative estimate of drug-likeness (QED) is 0.0844. The number of rotatable bonds is 7. The molecule has 2 saturated carbocycles. The van der Waals surface area contributed by atoms with Gasteiger partial charge in [-0.05, 0) is 147 Å². The number of hydrazine groups is 1. The topological polar surface area (TPSA) is 162 Å². The molecule has 8 aliphatic heterocycles. The average molecular weight is 1220 g/mol. The number of carbonyl (C=O) groups excluding carboxylic acids is 8. The summed E-state index contributed by atoms with van der Waals surface area (Å²) in [6.45, 7) is 5.91. The van der Waals surface area contributed by atoms with Gasteiger partial charge in [-0.1, -0.05) is 62.8 Å². The molecule has 2 aliphatic carbocycles. The van der Waals surface area contributed by atoms with Gasteiger partial charge in [0, 0.05) is 163 Å². The van der Waals surface area contributed by atoms with Gasteiger partial charge in [0.05, 0.1) is 33.4 Å². The number of carbonyl (C=O) groups is 8. The van der Waals surface area contributed by atoms with Gasteiger partial charge in [0.25, 0.3) is 47.3 Å². The van der Waals surface area contributed by atoms with Crippen LogP contribution in [0.4, 0.5) is 22.7 Å². The van der Waals surface area contributed by atoms with Crippen molar-refractivity contribution >= 4 is 156 Å². The number of hydrogen-bond donors (Lipinski definition) is 0. The molecule has 0 atom stereocenters. The molecule has 0 bridgehead atoms. The molecule has 20 rings (SSSR count). The smallest absolute Gasteiger partial charge is 0.281 e. The van der Waals surface area contributed by atoms with E-state index < -0.39 is 23.6 Å². The zero-order valence-corrected chi connectivity index (χ0v) is 51.3. The molecule has 8 heterocycles. The molecule has 0 radical (unpaired) electrons. The number of hydrogen-bond acceptors (Lipinski definition) is 12. The first-order chi connectivity index (χ1) is 45.0. The van der Waals surface area contributed by atoms with Crippen LogP contribution in [-0.2, 0) is 0 Å².